The molecule has 82 valence electrons. The molecular weight excluding hydrogens is 254 g/mol. The maximum atomic E-state index is 5.87. The summed E-state index contributed by atoms with van der Waals surface area (Å²) in [6.45, 7) is 6.05. The van der Waals surface area contributed by atoms with Crippen molar-refractivity contribution in [1.29, 1.82) is 0 Å². The molecule has 1 unspecified atom stereocenters. The molecule has 0 aliphatic carbocycles. The van der Waals surface area contributed by atoms with E-state index in [1.807, 2.05) is 12.1 Å². The first-order valence-electron chi connectivity index (χ1n) is 5.22. The number of rotatable bonds is 1. The number of nitrogens with one attached hydrogen (secondary N) is 1. The molecule has 1 aromatic rings. The highest BCUT2D eigenvalue weighted by Gasteiger charge is 2.34. The Morgan fingerprint density at radius 2 is 2.13 bits per heavy atom. The lowest BCUT2D eigenvalue weighted by atomic mass is 9.90. The second-order valence-electron chi connectivity index (χ2n) is 4.42. The molecule has 0 amide bonds. The normalized spacial score (nSPS) is 25.1. The molecule has 15 heavy (non-hydrogen) atoms. The fraction of sp³-hybridized carbons (Fsp3) is 0.500. The van der Waals surface area contributed by atoms with Crippen molar-refractivity contribution in [2.45, 2.75) is 25.5 Å². The smallest absolute Gasteiger partial charge is 0.101 e. The van der Waals surface area contributed by atoms with Crippen LogP contribution in [0.2, 0.25) is 0 Å². The Kier molecular flexibility index (Phi) is 3.14. The first-order chi connectivity index (χ1) is 7.11. The third-order valence-electron chi connectivity index (χ3n) is 2.81. The van der Waals surface area contributed by atoms with Crippen molar-refractivity contribution in [2.75, 3.05) is 13.2 Å². The molecule has 1 heterocycles. The third-order valence-corrected chi connectivity index (χ3v) is 3.53. The van der Waals surface area contributed by atoms with Crippen LogP contribution in [-0.2, 0) is 4.74 Å². The van der Waals surface area contributed by atoms with Gasteiger partial charge in [0.15, 0.2) is 0 Å². The molecule has 0 spiro atoms. The van der Waals surface area contributed by atoms with Crippen LogP contribution in [0.1, 0.15) is 25.5 Å². The molecular formula is C12H16BrNO. The Morgan fingerprint density at radius 1 is 1.40 bits per heavy atom. The largest absolute Gasteiger partial charge is 0.370 e. The van der Waals surface area contributed by atoms with Gasteiger partial charge in [-0.05, 0) is 25.5 Å². The van der Waals surface area contributed by atoms with Gasteiger partial charge in [0.25, 0.3) is 0 Å². The molecule has 0 bridgehead atoms. The van der Waals surface area contributed by atoms with E-state index in [9.17, 15) is 0 Å². The van der Waals surface area contributed by atoms with E-state index >= 15 is 0 Å². The number of morpholine rings is 1. The molecule has 3 heteroatoms. The fourth-order valence-electron chi connectivity index (χ4n) is 2.02. The predicted molar refractivity (Wildman–Crippen MR) is 64.9 cm³/mol. The summed E-state index contributed by atoms with van der Waals surface area (Å²) >= 11 is 3.58. The van der Waals surface area contributed by atoms with Crippen molar-refractivity contribution in [3.8, 4) is 0 Å². The highest BCUT2D eigenvalue weighted by atomic mass is 79.9. The number of hydrogen-bond acceptors (Lipinski definition) is 2. The van der Waals surface area contributed by atoms with E-state index in [4.69, 9.17) is 4.74 Å². The van der Waals surface area contributed by atoms with Crippen LogP contribution < -0.4 is 5.32 Å². The van der Waals surface area contributed by atoms with Crippen molar-refractivity contribution < 1.29 is 4.74 Å². The standard InChI is InChI=1S/C12H16BrNO/c1-12(2)11(15-8-7-14-12)9-5-3-4-6-10(9)13/h3-6,11,14H,7-8H2,1-2H3. The monoisotopic (exact) mass is 269 g/mol. The van der Waals surface area contributed by atoms with Gasteiger partial charge in [-0.3, -0.25) is 0 Å². The molecule has 0 aromatic heterocycles. The maximum Gasteiger partial charge on any atom is 0.101 e. The molecule has 1 aliphatic heterocycles. The Labute approximate surface area is 99.1 Å². The molecule has 0 saturated carbocycles. The topological polar surface area (TPSA) is 21.3 Å². The highest BCUT2D eigenvalue weighted by molar-refractivity contribution is 9.10. The molecule has 0 radical (unpaired) electrons. The molecule has 2 rings (SSSR count). The van der Waals surface area contributed by atoms with Crippen LogP contribution in [0.3, 0.4) is 0 Å². The van der Waals surface area contributed by atoms with Gasteiger partial charge in [0.05, 0.1) is 6.61 Å². The minimum absolute atomic E-state index is 0.0118. The van der Waals surface area contributed by atoms with Gasteiger partial charge in [0, 0.05) is 16.6 Å². The lowest BCUT2D eigenvalue weighted by Crippen LogP contribution is -2.51. The lowest BCUT2D eigenvalue weighted by Gasteiger charge is -2.40. The summed E-state index contributed by atoms with van der Waals surface area (Å²) in [5.74, 6) is 0. The maximum absolute atomic E-state index is 5.87. The van der Waals surface area contributed by atoms with E-state index in [-0.39, 0.29) is 11.6 Å². The molecule has 1 N–H and O–H groups in total. The SMILES string of the molecule is CC1(C)NCCOC1c1ccccc1Br. The van der Waals surface area contributed by atoms with Crippen molar-refractivity contribution in [3.63, 3.8) is 0 Å². The van der Waals surface area contributed by atoms with Gasteiger partial charge in [-0.1, -0.05) is 34.1 Å². The van der Waals surface area contributed by atoms with Crippen LogP contribution >= 0.6 is 15.9 Å². The minimum Gasteiger partial charge on any atom is -0.370 e. The summed E-state index contributed by atoms with van der Waals surface area (Å²) in [4.78, 5) is 0. The molecule has 1 aliphatic rings. The molecule has 1 fully saturated rings. The second-order valence-corrected chi connectivity index (χ2v) is 5.28. The van der Waals surface area contributed by atoms with Gasteiger partial charge in [-0.15, -0.1) is 0 Å². The summed E-state index contributed by atoms with van der Waals surface area (Å²) in [6, 6.07) is 8.25. The lowest BCUT2D eigenvalue weighted by molar-refractivity contribution is -0.0392. The summed E-state index contributed by atoms with van der Waals surface area (Å²) in [5, 5.41) is 3.49. The second kappa shape index (κ2) is 4.24. The Balaban J connectivity index is 2.33. The zero-order valence-corrected chi connectivity index (χ0v) is 10.7. The molecule has 1 saturated heterocycles. The van der Waals surface area contributed by atoms with Crippen LogP contribution in [0.5, 0.6) is 0 Å². The van der Waals surface area contributed by atoms with Crippen LogP contribution in [0, 0.1) is 0 Å². The van der Waals surface area contributed by atoms with Crippen molar-refractivity contribution in [2.24, 2.45) is 0 Å². The van der Waals surface area contributed by atoms with Gasteiger partial charge < -0.3 is 10.1 Å². The van der Waals surface area contributed by atoms with Crippen molar-refractivity contribution in [1.82, 2.24) is 5.32 Å². The quantitative estimate of drug-likeness (QED) is 0.847. The van der Waals surface area contributed by atoms with Gasteiger partial charge in [-0.25, -0.2) is 0 Å². The highest BCUT2D eigenvalue weighted by Crippen LogP contribution is 2.35. The first-order valence-corrected chi connectivity index (χ1v) is 6.01. The summed E-state index contributed by atoms with van der Waals surface area (Å²) in [5.41, 5.74) is 1.21. The summed E-state index contributed by atoms with van der Waals surface area (Å²) in [7, 11) is 0. The zero-order chi connectivity index (χ0) is 10.9. The van der Waals surface area contributed by atoms with Crippen molar-refractivity contribution >= 4 is 15.9 Å². The van der Waals surface area contributed by atoms with Crippen LogP contribution in [0.15, 0.2) is 28.7 Å². The Bertz CT molecular complexity index is 351. The summed E-state index contributed by atoms with van der Waals surface area (Å²) in [6.07, 6.45) is 0.113. The van der Waals surface area contributed by atoms with Crippen LogP contribution in [0.25, 0.3) is 0 Å². The van der Waals surface area contributed by atoms with E-state index in [0.717, 1.165) is 17.6 Å². The predicted octanol–water partition coefficient (Wildman–Crippen LogP) is 2.89. The average molecular weight is 270 g/mol. The molecule has 2 nitrogen and oxygen atoms in total. The van der Waals surface area contributed by atoms with Crippen LogP contribution in [-0.4, -0.2) is 18.7 Å². The van der Waals surface area contributed by atoms with Crippen LogP contribution in [0.4, 0.5) is 0 Å². The first kappa shape index (κ1) is 11.1. The van der Waals surface area contributed by atoms with E-state index in [2.05, 4.69) is 47.2 Å². The van der Waals surface area contributed by atoms with Gasteiger partial charge in [0.2, 0.25) is 0 Å². The van der Waals surface area contributed by atoms with Gasteiger partial charge in [-0.2, -0.15) is 0 Å². The van der Waals surface area contributed by atoms with Gasteiger partial charge in [0.1, 0.15) is 6.10 Å². The van der Waals surface area contributed by atoms with E-state index in [0.29, 0.717) is 0 Å². The minimum atomic E-state index is -0.0118. The average Bonchev–Trinajstić information content (AvgIpc) is 2.19. The fourth-order valence-corrected chi connectivity index (χ4v) is 2.51. The van der Waals surface area contributed by atoms with E-state index < -0.39 is 0 Å². The zero-order valence-electron chi connectivity index (χ0n) is 9.09. The number of benzene rings is 1. The molecule has 1 atom stereocenters. The van der Waals surface area contributed by atoms with Gasteiger partial charge >= 0.3 is 0 Å². The van der Waals surface area contributed by atoms with Crippen molar-refractivity contribution in [3.05, 3.63) is 34.3 Å². The number of hydrogen-bond donors (Lipinski definition) is 1. The van der Waals surface area contributed by atoms with E-state index in [1.54, 1.807) is 0 Å². The Morgan fingerprint density at radius 3 is 2.80 bits per heavy atom. The number of ether oxygens (including phenoxy) is 1. The Hall–Kier alpha value is -0.380. The molecule has 1 aromatic carbocycles. The number of halogens is 1. The van der Waals surface area contributed by atoms with E-state index in [1.165, 1.54) is 5.56 Å². The third kappa shape index (κ3) is 2.25. The summed E-state index contributed by atoms with van der Waals surface area (Å²) < 4.78 is 6.98.